The van der Waals surface area contributed by atoms with Gasteiger partial charge in [-0.25, -0.2) is 4.39 Å². The van der Waals surface area contributed by atoms with Crippen LogP contribution in [0.5, 0.6) is 0 Å². The number of halogens is 1. The van der Waals surface area contributed by atoms with Crippen molar-refractivity contribution >= 4 is 11.8 Å². The lowest BCUT2D eigenvalue weighted by Crippen LogP contribution is -2.20. The number of rotatable bonds is 9. The van der Waals surface area contributed by atoms with Gasteiger partial charge in [0.15, 0.2) is 0 Å². The first-order valence-corrected chi connectivity index (χ1v) is 7.38. The summed E-state index contributed by atoms with van der Waals surface area (Å²) in [7, 11) is 0. The summed E-state index contributed by atoms with van der Waals surface area (Å²) in [6, 6.07) is 6.89. The summed E-state index contributed by atoms with van der Waals surface area (Å²) in [5, 5.41) is 3.33. The lowest BCUT2D eigenvalue weighted by Gasteiger charge is -2.08. The van der Waals surface area contributed by atoms with Crippen LogP contribution in [0.25, 0.3) is 0 Å². The molecule has 0 heterocycles. The van der Waals surface area contributed by atoms with Gasteiger partial charge in [-0.15, -0.1) is 11.8 Å². The second-order valence-electron chi connectivity index (χ2n) is 4.30. The molecule has 0 atom stereocenters. The van der Waals surface area contributed by atoms with E-state index >= 15 is 0 Å². The molecule has 1 rings (SSSR count). The van der Waals surface area contributed by atoms with Crippen molar-refractivity contribution in [2.24, 2.45) is 0 Å². The van der Waals surface area contributed by atoms with Gasteiger partial charge in [0.2, 0.25) is 0 Å². The smallest absolute Gasteiger partial charge is 0.136 e. The third-order valence-electron chi connectivity index (χ3n) is 2.32. The largest absolute Gasteiger partial charge is 0.379 e. The van der Waals surface area contributed by atoms with Gasteiger partial charge in [-0.3, -0.25) is 0 Å². The fourth-order valence-corrected chi connectivity index (χ4v) is 2.28. The van der Waals surface area contributed by atoms with E-state index in [0.717, 1.165) is 36.8 Å². The Morgan fingerprint density at radius 2 is 2.06 bits per heavy atom. The Labute approximate surface area is 113 Å². The SMILES string of the molecule is CC(C)OCCCNCCSc1ccccc1F. The summed E-state index contributed by atoms with van der Waals surface area (Å²) in [5.41, 5.74) is 0. The quantitative estimate of drug-likeness (QED) is 0.550. The molecule has 0 fully saturated rings. The highest BCUT2D eigenvalue weighted by Gasteiger charge is 2.00. The number of thioether (sulfide) groups is 1. The molecular formula is C14H22FNOS. The molecular weight excluding hydrogens is 249 g/mol. The number of hydrogen-bond acceptors (Lipinski definition) is 3. The molecule has 1 aromatic rings. The van der Waals surface area contributed by atoms with Gasteiger partial charge in [-0.2, -0.15) is 0 Å². The minimum Gasteiger partial charge on any atom is -0.379 e. The predicted molar refractivity (Wildman–Crippen MR) is 75.7 cm³/mol. The van der Waals surface area contributed by atoms with Crippen LogP contribution >= 0.6 is 11.8 Å². The minimum absolute atomic E-state index is 0.132. The molecule has 0 bridgehead atoms. The highest BCUT2D eigenvalue weighted by Crippen LogP contribution is 2.20. The van der Waals surface area contributed by atoms with Crippen molar-refractivity contribution in [1.82, 2.24) is 5.32 Å². The molecule has 0 aliphatic carbocycles. The van der Waals surface area contributed by atoms with Gasteiger partial charge < -0.3 is 10.1 Å². The molecule has 0 radical (unpaired) electrons. The molecule has 4 heteroatoms. The van der Waals surface area contributed by atoms with E-state index in [1.54, 1.807) is 17.8 Å². The molecule has 0 unspecified atom stereocenters. The van der Waals surface area contributed by atoms with E-state index in [0.29, 0.717) is 6.10 Å². The predicted octanol–water partition coefficient (Wildman–Crippen LogP) is 3.32. The minimum atomic E-state index is -0.132. The van der Waals surface area contributed by atoms with Crippen LogP contribution in [-0.2, 0) is 4.74 Å². The Balaban J connectivity index is 1.98. The standard InChI is InChI=1S/C14H22FNOS/c1-12(2)17-10-5-8-16-9-11-18-14-7-4-3-6-13(14)15/h3-4,6-7,12,16H,5,8-11H2,1-2H3. The zero-order valence-electron chi connectivity index (χ0n) is 11.1. The van der Waals surface area contributed by atoms with E-state index in [-0.39, 0.29) is 5.82 Å². The summed E-state index contributed by atoms with van der Waals surface area (Å²) >= 11 is 1.55. The first-order chi connectivity index (χ1) is 8.70. The van der Waals surface area contributed by atoms with E-state index in [1.165, 1.54) is 6.07 Å². The molecule has 0 saturated heterocycles. The Kier molecular flexibility index (Phi) is 8.05. The van der Waals surface area contributed by atoms with Gasteiger partial charge in [0.05, 0.1) is 6.10 Å². The maximum Gasteiger partial charge on any atom is 0.136 e. The summed E-state index contributed by atoms with van der Waals surface area (Å²) in [6.45, 7) is 6.72. The molecule has 0 aliphatic heterocycles. The summed E-state index contributed by atoms with van der Waals surface area (Å²) in [5.74, 6) is 0.749. The number of ether oxygens (including phenoxy) is 1. The van der Waals surface area contributed by atoms with Gasteiger partial charge in [0.25, 0.3) is 0 Å². The monoisotopic (exact) mass is 271 g/mol. The van der Waals surface area contributed by atoms with E-state index in [9.17, 15) is 4.39 Å². The zero-order chi connectivity index (χ0) is 13.2. The second kappa shape index (κ2) is 9.36. The van der Waals surface area contributed by atoms with Crippen LogP contribution < -0.4 is 5.32 Å². The van der Waals surface area contributed by atoms with Crippen molar-refractivity contribution in [3.63, 3.8) is 0 Å². The zero-order valence-corrected chi connectivity index (χ0v) is 11.9. The molecule has 0 spiro atoms. The normalized spacial score (nSPS) is 11.1. The first kappa shape index (κ1) is 15.5. The topological polar surface area (TPSA) is 21.3 Å². The van der Waals surface area contributed by atoms with Crippen LogP contribution in [-0.4, -0.2) is 31.6 Å². The molecule has 1 N–H and O–H groups in total. The van der Waals surface area contributed by atoms with Gasteiger partial charge in [0, 0.05) is 23.8 Å². The summed E-state index contributed by atoms with van der Waals surface area (Å²) in [6.07, 6.45) is 1.32. The Morgan fingerprint density at radius 1 is 1.28 bits per heavy atom. The molecule has 0 saturated carbocycles. The molecule has 2 nitrogen and oxygen atoms in total. The van der Waals surface area contributed by atoms with Crippen molar-refractivity contribution in [3.05, 3.63) is 30.1 Å². The Morgan fingerprint density at radius 3 is 2.78 bits per heavy atom. The van der Waals surface area contributed by atoms with Crippen LogP contribution in [0.15, 0.2) is 29.2 Å². The van der Waals surface area contributed by atoms with Crippen LogP contribution in [0.1, 0.15) is 20.3 Å². The third-order valence-corrected chi connectivity index (χ3v) is 3.37. The van der Waals surface area contributed by atoms with Gasteiger partial charge >= 0.3 is 0 Å². The maximum absolute atomic E-state index is 13.3. The highest BCUT2D eigenvalue weighted by atomic mass is 32.2. The highest BCUT2D eigenvalue weighted by molar-refractivity contribution is 7.99. The molecule has 0 amide bonds. The number of hydrogen-bond donors (Lipinski definition) is 1. The van der Waals surface area contributed by atoms with Crippen molar-refractivity contribution < 1.29 is 9.13 Å². The Bertz CT molecular complexity index is 333. The lowest BCUT2D eigenvalue weighted by molar-refractivity contribution is 0.0772. The maximum atomic E-state index is 13.3. The van der Waals surface area contributed by atoms with Crippen LogP contribution in [0, 0.1) is 5.82 Å². The van der Waals surface area contributed by atoms with E-state index < -0.39 is 0 Å². The fourth-order valence-electron chi connectivity index (χ4n) is 1.44. The summed E-state index contributed by atoms with van der Waals surface area (Å²) < 4.78 is 18.7. The molecule has 0 aromatic heterocycles. The van der Waals surface area contributed by atoms with Gasteiger partial charge in [-0.1, -0.05) is 12.1 Å². The van der Waals surface area contributed by atoms with Gasteiger partial charge in [-0.05, 0) is 38.9 Å². The average Bonchev–Trinajstić information content (AvgIpc) is 2.34. The van der Waals surface area contributed by atoms with Crippen molar-refractivity contribution in [2.75, 3.05) is 25.4 Å². The summed E-state index contributed by atoms with van der Waals surface area (Å²) in [4.78, 5) is 0.724. The van der Waals surface area contributed by atoms with Crippen LogP contribution in [0.4, 0.5) is 4.39 Å². The number of nitrogens with one attached hydrogen (secondary N) is 1. The van der Waals surface area contributed by atoms with Crippen molar-refractivity contribution in [3.8, 4) is 0 Å². The average molecular weight is 271 g/mol. The fraction of sp³-hybridized carbons (Fsp3) is 0.571. The molecule has 1 aromatic carbocycles. The second-order valence-corrected chi connectivity index (χ2v) is 5.44. The first-order valence-electron chi connectivity index (χ1n) is 6.40. The van der Waals surface area contributed by atoms with Crippen LogP contribution in [0.2, 0.25) is 0 Å². The van der Waals surface area contributed by atoms with Crippen molar-refractivity contribution in [2.45, 2.75) is 31.3 Å². The third kappa shape index (κ3) is 6.99. The van der Waals surface area contributed by atoms with E-state index in [2.05, 4.69) is 5.32 Å². The Hall–Kier alpha value is -0.580. The molecule has 18 heavy (non-hydrogen) atoms. The van der Waals surface area contributed by atoms with E-state index in [4.69, 9.17) is 4.74 Å². The lowest BCUT2D eigenvalue weighted by atomic mass is 10.3. The molecule has 0 aliphatic rings. The number of benzene rings is 1. The van der Waals surface area contributed by atoms with Crippen LogP contribution in [0.3, 0.4) is 0 Å². The van der Waals surface area contributed by atoms with E-state index in [1.807, 2.05) is 26.0 Å². The van der Waals surface area contributed by atoms with Gasteiger partial charge in [0.1, 0.15) is 5.82 Å². The molecule has 102 valence electrons. The van der Waals surface area contributed by atoms with Crippen molar-refractivity contribution in [1.29, 1.82) is 0 Å².